The summed E-state index contributed by atoms with van der Waals surface area (Å²) in [6.07, 6.45) is -2.94. The summed E-state index contributed by atoms with van der Waals surface area (Å²) in [6, 6.07) is 5.24. The fourth-order valence-corrected chi connectivity index (χ4v) is 2.77. The van der Waals surface area contributed by atoms with Crippen molar-refractivity contribution < 1.29 is 18.0 Å². The number of carbonyl (C=O) groups excluding carboxylic acids is 1. The molecule has 0 aliphatic carbocycles. The van der Waals surface area contributed by atoms with Crippen LogP contribution in [0.25, 0.3) is 0 Å². The standard InChI is InChI=1S/C16H21F3N2O/c1-11(15(22)21(2)14-7-8-20-10-14)9-12-3-5-13(6-4-12)16(17,18)19/h3-6,11,14,20H,7-10H2,1-2H3. The van der Waals surface area contributed by atoms with Crippen LogP contribution in [0.3, 0.4) is 0 Å². The Labute approximate surface area is 128 Å². The monoisotopic (exact) mass is 314 g/mol. The molecule has 1 saturated heterocycles. The van der Waals surface area contributed by atoms with Gasteiger partial charge in [0.25, 0.3) is 0 Å². The summed E-state index contributed by atoms with van der Waals surface area (Å²) in [6.45, 7) is 3.53. The lowest BCUT2D eigenvalue weighted by molar-refractivity contribution is -0.138. The van der Waals surface area contributed by atoms with Crippen LogP contribution in [0.15, 0.2) is 24.3 Å². The molecule has 1 fully saturated rings. The van der Waals surface area contributed by atoms with Crippen LogP contribution in [0.2, 0.25) is 0 Å². The molecule has 0 spiro atoms. The first-order valence-corrected chi connectivity index (χ1v) is 7.42. The average Bonchev–Trinajstić information content (AvgIpc) is 2.99. The lowest BCUT2D eigenvalue weighted by Crippen LogP contribution is -2.41. The minimum absolute atomic E-state index is 0.0357. The Morgan fingerprint density at radius 1 is 1.36 bits per heavy atom. The van der Waals surface area contributed by atoms with Gasteiger partial charge in [-0.3, -0.25) is 4.79 Å². The van der Waals surface area contributed by atoms with E-state index in [1.165, 1.54) is 12.1 Å². The van der Waals surface area contributed by atoms with Crippen molar-refractivity contribution in [3.63, 3.8) is 0 Å². The number of nitrogens with zero attached hydrogens (tertiary/aromatic N) is 1. The third-order valence-corrected chi connectivity index (χ3v) is 4.17. The van der Waals surface area contributed by atoms with Gasteiger partial charge in [-0.25, -0.2) is 0 Å². The maximum atomic E-state index is 12.5. The molecule has 2 unspecified atom stereocenters. The van der Waals surface area contributed by atoms with Gasteiger partial charge in [0.15, 0.2) is 0 Å². The number of likely N-dealkylation sites (N-methyl/N-ethyl adjacent to an activating group) is 1. The molecule has 1 aliphatic rings. The molecule has 122 valence electrons. The highest BCUT2D eigenvalue weighted by Gasteiger charge is 2.30. The van der Waals surface area contributed by atoms with Crippen molar-refractivity contribution in [2.24, 2.45) is 5.92 Å². The molecule has 2 atom stereocenters. The molecule has 1 aromatic rings. The molecule has 3 nitrogen and oxygen atoms in total. The first-order valence-electron chi connectivity index (χ1n) is 7.42. The summed E-state index contributed by atoms with van der Waals surface area (Å²) < 4.78 is 37.6. The number of hydrogen-bond acceptors (Lipinski definition) is 2. The zero-order valence-corrected chi connectivity index (χ0v) is 12.8. The summed E-state index contributed by atoms with van der Waals surface area (Å²) in [5, 5.41) is 3.22. The third-order valence-electron chi connectivity index (χ3n) is 4.17. The number of amides is 1. The maximum absolute atomic E-state index is 12.5. The fraction of sp³-hybridized carbons (Fsp3) is 0.562. The van der Waals surface area contributed by atoms with E-state index in [1.54, 1.807) is 11.9 Å². The Kier molecular flexibility index (Phi) is 5.11. The Balaban J connectivity index is 1.96. The molecule has 0 radical (unpaired) electrons. The van der Waals surface area contributed by atoms with E-state index in [-0.39, 0.29) is 17.9 Å². The minimum Gasteiger partial charge on any atom is -0.341 e. The van der Waals surface area contributed by atoms with Gasteiger partial charge in [0.2, 0.25) is 5.91 Å². The molecule has 0 aromatic heterocycles. The van der Waals surface area contributed by atoms with Crippen molar-refractivity contribution in [2.75, 3.05) is 20.1 Å². The number of alkyl halides is 3. The topological polar surface area (TPSA) is 32.3 Å². The lowest BCUT2D eigenvalue weighted by atomic mass is 9.98. The second kappa shape index (κ2) is 6.69. The zero-order chi connectivity index (χ0) is 16.3. The number of rotatable bonds is 4. The van der Waals surface area contributed by atoms with Gasteiger partial charge in [-0.05, 0) is 37.1 Å². The first kappa shape index (κ1) is 16.8. The molecule has 6 heteroatoms. The zero-order valence-electron chi connectivity index (χ0n) is 12.8. The normalized spacial score (nSPS) is 20.0. The van der Waals surface area contributed by atoms with E-state index in [4.69, 9.17) is 0 Å². The molecular formula is C16H21F3N2O. The Hall–Kier alpha value is -1.56. The van der Waals surface area contributed by atoms with Crippen molar-refractivity contribution in [3.05, 3.63) is 35.4 Å². The predicted octanol–water partition coefficient (Wildman–Crippen LogP) is 2.70. The van der Waals surface area contributed by atoms with Gasteiger partial charge < -0.3 is 10.2 Å². The number of benzene rings is 1. The van der Waals surface area contributed by atoms with Crippen LogP contribution >= 0.6 is 0 Å². The van der Waals surface area contributed by atoms with E-state index in [9.17, 15) is 18.0 Å². The lowest BCUT2D eigenvalue weighted by Gasteiger charge is -2.27. The quantitative estimate of drug-likeness (QED) is 0.927. The smallest absolute Gasteiger partial charge is 0.341 e. The van der Waals surface area contributed by atoms with Gasteiger partial charge in [-0.15, -0.1) is 0 Å². The number of halogens is 3. The van der Waals surface area contributed by atoms with E-state index in [1.807, 2.05) is 6.92 Å². The van der Waals surface area contributed by atoms with Crippen LogP contribution in [-0.2, 0) is 17.4 Å². The fourth-order valence-electron chi connectivity index (χ4n) is 2.77. The van der Waals surface area contributed by atoms with Crippen LogP contribution in [-0.4, -0.2) is 37.0 Å². The van der Waals surface area contributed by atoms with Crippen molar-refractivity contribution in [1.29, 1.82) is 0 Å². The molecule has 1 N–H and O–H groups in total. The second-order valence-corrected chi connectivity index (χ2v) is 5.90. The average molecular weight is 314 g/mol. The van der Waals surface area contributed by atoms with Crippen molar-refractivity contribution >= 4 is 5.91 Å². The van der Waals surface area contributed by atoms with Crippen LogP contribution in [0.1, 0.15) is 24.5 Å². The predicted molar refractivity (Wildman–Crippen MR) is 78.4 cm³/mol. The van der Waals surface area contributed by atoms with E-state index in [0.29, 0.717) is 6.42 Å². The second-order valence-electron chi connectivity index (χ2n) is 5.90. The van der Waals surface area contributed by atoms with Crippen molar-refractivity contribution in [1.82, 2.24) is 10.2 Å². The van der Waals surface area contributed by atoms with E-state index in [2.05, 4.69) is 5.32 Å². The molecule has 1 amide bonds. The molecule has 1 aromatic carbocycles. The molecule has 2 rings (SSSR count). The molecular weight excluding hydrogens is 293 g/mol. The van der Waals surface area contributed by atoms with Crippen molar-refractivity contribution in [3.8, 4) is 0 Å². The van der Waals surface area contributed by atoms with Crippen molar-refractivity contribution in [2.45, 2.75) is 32.0 Å². The van der Waals surface area contributed by atoms with E-state index in [0.717, 1.165) is 37.2 Å². The number of hydrogen-bond donors (Lipinski definition) is 1. The highest BCUT2D eigenvalue weighted by atomic mass is 19.4. The van der Waals surface area contributed by atoms with E-state index < -0.39 is 11.7 Å². The molecule has 0 bridgehead atoms. The number of carbonyl (C=O) groups is 1. The highest BCUT2D eigenvalue weighted by molar-refractivity contribution is 5.79. The Morgan fingerprint density at radius 3 is 2.50 bits per heavy atom. The minimum atomic E-state index is -4.32. The van der Waals surface area contributed by atoms with Gasteiger partial charge in [-0.1, -0.05) is 19.1 Å². The van der Waals surface area contributed by atoms with Gasteiger partial charge in [0, 0.05) is 25.6 Å². The van der Waals surface area contributed by atoms with E-state index >= 15 is 0 Å². The molecule has 1 heterocycles. The molecule has 22 heavy (non-hydrogen) atoms. The van der Waals surface area contributed by atoms with Gasteiger partial charge in [-0.2, -0.15) is 13.2 Å². The largest absolute Gasteiger partial charge is 0.416 e. The summed E-state index contributed by atoms with van der Waals surface area (Å²) >= 11 is 0. The molecule has 0 saturated carbocycles. The summed E-state index contributed by atoms with van der Waals surface area (Å²) in [7, 11) is 1.79. The SMILES string of the molecule is CC(Cc1ccc(C(F)(F)F)cc1)C(=O)N(C)C1CCNC1. The molecule has 1 aliphatic heterocycles. The maximum Gasteiger partial charge on any atom is 0.416 e. The van der Waals surface area contributed by atoms with Crippen LogP contribution in [0.5, 0.6) is 0 Å². The van der Waals surface area contributed by atoms with Crippen LogP contribution < -0.4 is 5.32 Å². The summed E-state index contributed by atoms with van der Waals surface area (Å²) in [5.74, 6) is -0.212. The van der Waals surface area contributed by atoms with Crippen LogP contribution in [0.4, 0.5) is 13.2 Å². The van der Waals surface area contributed by atoms with Gasteiger partial charge >= 0.3 is 6.18 Å². The van der Waals surface area contributed by atoms with Gasteiger partial charge in [0.05, 0.1) is 5.56 Å². The Morgan fingerprint density at radius 2 is 2.00 bits per heavy atom. The number of nitrogens with one attached hydrogen (secondary N) is 1. The van der Waals surface area contributed by atoms with Crippen LogP contribution in [0, 0.1) is 5.92 Å². The third kappa shape index (κ3) is 4.00. The summed E-state index contributed by atoms with van der Waals surface area (Å²) in [4.78, 5) is 14.1. The van der Waals surface area contributed by atoms with Gasteiger partial charge in [0.1, 0.15) is 0 Å². The summed E-state index contributed by atoms with van der Waals surface area (Å²) in [5.41, 5.74) is 0.0798. The first-order chi connectivity index (χ1) is 10.3. The highest BCUT2D eigenvalue weighted by Crippen LogP contribution is 2.29. The Bertz CT molecular complexity index is 507.